The van der Waals surface area contributed by atoms with Crippen molar-refractivity contribution in [2.75, 3.05) is 13.1 Å². The fourth-order valence-electron chi connectivity index (χ4n) is 2.88. The van der Waals surface area contributed by atoms with E-state index in [9.17, 15) is 8.42 Å². The second kappa shape index (κ2) is 5.73. The molecule has 0 unspecified atom stereocenters. The summed E-state index contributed by atoms with van der Waals surface area (Å²) < 4.78 is 28.5. The Balaban J connectivity index is 2.22. The van der Waals surface area contributed by atoms with Crippen LogP contribution in [0.1, 0.15) is 39.5 Å². The van der Waals surface area contributed by atoms with Gasteiger partial charge in [0.05, 0.1) is 0 Å². The van der Waals surface area contributed by atoms with Gasteiger partial charge in [0.2, 0.25) is 5.03 Å². The van der Waals surface area contributed by atoms with Gasteiger partial charge < -0.3 is 0 Å². The smallest absolute Gasteiger partial charge is 0.235 e. The Labute approximate surface area is 128 Å². The zero-order valence-electron chi connectivity index (χ0n) is 12.1. The van der Waals surface area contributed by atoms with Gasteiger partial charge in [0.25, 0.3) is 10.0 Å². The molecule has 1 aromatic rings. The number of rotatable bonds is 4. The molecule has 0 amide bonds. The predicted molar refractivity (Wildman–Crippen MR) is 79.7 cm³/mol. The van der Waals surface area contributed by atoms with Crippen molar-refractivity contribution in [3.63, 3.8) is 0 Å². The summed E-state index contributed by atoms with van der Waals surface area (Å²) in [5.41, 5.74) is 0.300. The number of nitrogens with zero attached hydrogens (tertiary/aromatic N) is 4. The molecule has 1 aliphatic heterocycles. The number of hydrogen-bond donors (Lipinski definition) is 0. The molecule has 1 fully saturated rings. The van der Waals surface area contributed by atoms with Crippen LogP contribution >= 0.6 is 15.9 Å². The monoisotopic (exact) mass is 364 g/mol. The summed E-state index contributed by atoms with van der Waals surface area (Å²) in [5, 5.41) is 7.65. The van der Waals surface area contributed by atoms with Gasteiger partial charge in [-0.15, -0.1) is 5.10 Å². The molecule has 0 atom stereocenters. The van der Waals surface area contributed by atoms with Gasteiger partial charge in [-0.05, 0) is 34.2 Å². The number of halogens is 1. The minimum atomic E-state index is -3.52. The Bertz CT molecular complexity index is 551. The fourth-order valence-corrected chi connectivity index (χ4v) is 5.35. The zero-order chi connectivity index (χ0) is 15.0. The first-order valence-electron chi connectivity index (χ1n) is 6.91. The zero-order valence-corrected chi connectivity index (χ0v) is 14.5. The van der Waals surface area contributed by atoms with Crippen LogP contribution in [0.15, 0.2) is 9.63 Å². The molecule has 0 spiro atoms. The van der Waals surface area contributed by atoms with E-state index < -0.39 is 10.0 Å². The summed E-state index contributed by atoms with van der Waals surface area (Å²) in [6, 6.07) is 0. The third-order valence-corrected chi connectivity index (χ3v) is 7.39. The summed E-state index contributed by atoms with van der Waals surface area (Å²) >= 11 is 3.17. The summed E-state index contributed by atoms with van der Waals surface area (Å²) in [4.78, 5) is 0. The number of aromatic nitrogens is 3. The van der Waals surface area contributed by atoms with E-state index in [1.807, 2.05) is 0 Å². The van der Waals surface area contributed by atoms with E-state index in [4.69, 9.17) is 0 Å². The minimum Gasteiger partial charge on any atom is -0.235 e. The van der Waals surface area contributed by atoms with Crippen molar-refractivity contribution < 1.29 is 8.42 Å². The van der Waals surface area contributed by atoms with E-state index in [0.29, 0.717) is 18.5 Å². The molecule has 8 heteroatoms. The maximum Gasteiger partial charge on any atom is 0.263 e. The first-order valence-corrected chi connectivity index (χ1v) is 9.15. The average molecular weight is 365 g/mol. The second-order valence-electron chi connectivity index (χ2n) is 5.42. The largest absolute Gasteiger partial charge is 0.263 e. The second-order valence-corrected chi connectivity index (χ2v) is 8.02. The summed E-state index contributed by atoms with van der Waals surface area (Å²) in [7, 11) is -1.93. The maximum atomic E-state index is 12.7. The van der Waals surface area contributed by atoms with Gasteiger partial charge in [-0.1, -0.05) is 31.9 Å². The molecule has 2 heterocycles. The highest BCUT2D eigenvalue weighted by molar-refractivity contribution is 9.10. The molecule has 0 aromatic carbocycles. The Morgan fingerprint density at radius 1 is 1.25 bits per heavy atom. The Hall–Kier alpha value is -0.470. The van der Waals surface area contributed by atoms with Crippen LogP contribution < -0.4 is 0 Å². The van der Waals surface area contributed by atoms with Gasteiger partial charge in [0.1, 0.15) is 0 Å². The highest BCUT2D eigenvalue weighted by Crippen LogP contribution is 2.39. The quantitative estimate of drug-likeness (QED) is 0.820. The van der Waals surface area contributed by atoms with Gasteiger partial charge >= 0.3 is 0 Å². The molecule has 2 rings (SSSR count). The lowest BCUT2D eigenvalue weighted by molar-refractivity contribution is 0.141. The maximum absolute atomic E-state index is 12.7. The molecule has 114 valence electrons. The third kappa shape index (κ3) is 2.65. The van der Waals surface area contributed by atoms with Crippen molar-refractivity contribution in [3.05, 3.63) is 4.60 Å². The number of aryl methyl sites for hydroxylation is 1. The van der Waals surface area contributed by atoms with Crippen LogP contribution in [-0.4, -0.2) is 40.8 Å². The van der Waals surface area contributed by atoms with Crippen molar-refractivity contribution in [2.24, 2.45) is 12.5 Å². The lowest BCUT2D eigenvalue weighted by atomic mass is 9.75. The average Bonchev–Trinajstić information content (AvgIpc) is 2.78. The van der Waals surface area contributed by atoms with Crippen molar-refractivity contribution in [2.45, 2.75) is 44.6 Å². The highest BCUT2D eigenvalue weighted by atomic mass is 79.9. The molecule has 6 nitrogen and oxygen atoms in total. The summed E-state index contributed by atoms with van der Waals surface area (Å²) in [5.74, 6) is 0. The molecule has 0 bridgehead atoms. The SMILES string of the molecule is CCC1(CC)CCN(S(=O)(=O)c2c(Br)nnn2C)CC1. The Morgan fingerprint density at radius 2 is 1.80 bits per heavy atom. The molecule has 0 aliphatic carbocycles. The van der Waals surface area contributed by atoms with E-state index in [1.54, 1.807) is 11.4 Å². The van der Waals surface area contributed by atoms with Crippen LogP contribution in [0.4, 0.5) is 0 Å². The molecule has 0 N–H and O–H groups in total. The van der Waals surface area contributed by atoms with Crippen molar-refractivity contribution in [1.82, 2.24) is 19.3 Å². The molecule has 0 radical (unpaired) electrons. The van der Waals surface area contributed by atoms with Gasteiger partial charge in [-0.3, -0.25) is 0 Å². The predicted octanol–water partition coefficient (Wildman–Crippen LogP) is 2.17. The first kappa shape index (κ1) is 15.9. The van der Waals surface area contributed by atoms with Crippen LogP contribution in [0.25, 0.3) is 0 Å². The molecular weight excluding hydrogens is 344 g/mol. The van der Waals surface area contributed by atoms with Crippen LogP contribution in [-0.2, 0) is 17.1 Å². The van der Waals surface area contributed by atoms with E-state index in [2.05, 4.69) is 40.1 Å². The van der Waals surface area contributed by atoms with E-state index in [-0.39, 0.29) is 9.63 Å². The number of hydrogen-bond acceptors (Lipinski definition) is 4. The lowest BCUT2D eigenvalue weighted by Crippen LogP contribution is -2.43. The Morgan fingerprint density at radius 3 is 2.20 bits per heavy atom. The standard InChI is InChI=1S/C12H21BrN4O2S/c1-4-12(5-2)6-8-17(9-7-12)20(18,19)11-10(13)14-15-16(11)3/h4-9H2,1-3H3. The van der Waals surface area contributed by atoms with Gasteiger partial charge in [0.15, 0.2) is 4.60 Å². The Kier molecular flexibility index (Phi) is 4.56. The minimum absolute atomic E-state index is 0.137. The van der Waals surface area contributed by atoms with Crippen LogP contribution in [0.2, 0.25) is 0 Å². The van der Waals surface area contributed by atoms with Gasteiger partial charge in [-0.25, -0.2) is 13.1 Å². The molecule has 1 saturated heterocycles. The van der Waals surface area contributed by atoms with Crippen LogP contribution in [0, 0.1) is 5.41 Å². The number of sulfonamides is 1. The topological polar surface area (TPSA) is 68.1 Å². The molecule has 0 saturated carbocycles. The van der Waals surface area contributed by atoms with Crippen LogP contribution in [0.5, 0.6) is 0 Å². The molecule has 20 heavy (non-hydrogen) atoms. The summed E-state index contributed by atoms with van der Waals surface area (Å²) in [6.45, 7) is 5.52. The van der Waals surface area contributed by atoms with Crippen molar-refractivity contribution in [1.29, 1.82) is 0 Å². The fraction of sp³-hybridized carbons (Fsp3) is 0.833. The normalized spacial score (nSPS) is 20.2. The molecule has 1 aromatic heterocycles. The highest BCUT2D eigenvalue weighted by Gasteiger charge is 2.38. The third-order valence-electron chi connectivity index (χ3n) is 4.60. The lowest BCUT2D eigenvalue weighted by Gasteiger charge is -2.40. The molecular formula is C12H21BrN4O2S. The molecule has 1 aliphatic rings. The van der Waals surface area contributed by atoms with Gasteiger partial charge in [0, 0.05) is 20.1 Å². The van der Waals surface area contributed by atoms with Crippen molar-refractivity contribution in [3.8, 4) is 0 Å². The number of piperidine rings is 1. The summed E-state index contributed by atoms with van der Waals surface area (Å²) in [6.07, 6.45) is 4.05. The van der Waals surface area contributed by atoms with E-state index in [1.165, 1.54) is 4.68 Å². The van der Waals surface area contributed by atoms with E-state index in [0.717, 1.165) is 25.7 Å². The van der Waals surface area contributed by atoms with E-state index >= 15 is 0 Å². The first-order chi connectivity index (χ1) is 9.36. The van der Waals surface area contributed by atoms with Gasteiger partial charge in [-0.2, -0.15) is 4.31 Å². The van der Waals surface area contributed by atoms with Crippen molar-refractivity contribution >= 4 is 26.0 Å². The van der Waals surface area contributed by atoms with Crippen LogP contribution in [0.3, 0.4) is 0 Å².